The van der Waals surface area contributed by atoms with Crippen molar-refractivity contribution in [3.63, 3.8) is 0 Å². The molecule has 78 valence electrons. The summed E-state index contributed by atoms with van der Waals surface area (Å²) < 4.78 is 7.17. The van der Waals surface area contributed by atoms with Crippen LogP contribution in [0, 0.1) is 0 Å². The van der Waals surface area contributed by atoms with E-state index >= 15 is 0 Å². The van der Waals surface area contributed by atoms with E-state index in [2.05, 4.69) is 15.9 Å². The SMILES string of the molecule is CCOCCn1cc(N)cc(Br)c1=O. The number of nitrogens with zero attached hydrogens (tertiary/aromatic N) is 1. The smallest absolute Gasteiger partial charge is 0.265 e. The van der Waals surface area contributed by atoms with Gasteiger partial charge in [-0.2, -0.15) is 0 Å². The molecule has 1 aromatic heterocycles. The molecular weight excluding hydrogens is 248 g/mol. The Kier molecular flexibility index (Phi) is 4.16. The lowest BCUT2D eigenvalue weighted by atomic mass is 10.4. The number of hydrogen-bond donors (Lipinski definition) is 1. The fourth-order valence-electron chi connectivity index (χ4n) is 1.09. The summed E-state index contributed by atoms with van der Waals surface area (Å²) in [6.45, 7) is 3.61. The topological polar surface area (TPSA) is 57.2 Å². The van der Waals surface area contributed by atoms with Crippen molar-refractivity contribution < 1.29 is 4.74 Å². The van der Waals surface area contributed by atoms with E-state index < -0.39 is 0 Å². The molecule has 1 heterocycles. The maximum Gasteiger partial charge on any atom is 0.265 e. The molecule has 0 spiro atoms. The first-order valence-electron chi connectivity index (χ1n) is 4.38. The highest BCUT2D eigenvalue weighted by Crippen LogP contribution is 2.07. The summed E-state index contributed by atoms with van der Waals surface area (Å²) in [7, 11) is 0. The predicted octanol–water partition coefficient (Wildman–Crippen LogP) is 1.23. The fraction of sp³-hybridized carbons (Fsp3) is 0.444. The average molecular weight is 261 g/mol. The molecule has 0 radical (unpaired) electrons. The third-order valence-corrected chi connectivity index (χ3v) is 2.31. The first-order chi connectivity index (χ1) is 6.65. The number of nitrogens with two attached hydrogens (primary N) is 1. The molecule has 0 aliphatic rings. The average Bonchev–Trinajstić information content (AvgIpc) is 2.13. The highest BCUT2D eigenvalue weighted by molar-refractivity contribution is 9.10. The molecule has 0 atom stereocenters. The second-order valence-corrected chi connectivity index (χ2v) is 3.67. The number of nitrogen functional groups attached to an aromatic ring is 1. The maximum atomic E-state index is 11.5. The number of anilines is 1. The highest BCUT2D eigenvalue weighted by atomic mass is 79.9. The van der Waals surface area contributed by atoms with Gasteiger partial charge in [0.25, 0.3) is 5.56 Å². The number of ether oxygens (including phenoxy) is 1. The van der Waals surface area contributed by atoms with Crippen LogP contribution in [0.5, 0.6) is 0 Å². The molecule has 1 aromatic rings. The Bertz CT molecular complexity index is 362. The zero-order valence-corrected chi connectivity index (χ0v) is 9.58. The van der Waals surface area contributed by atoms with E-state index in [9.17, 15) is 4.79 Å². The van der Waals surface area contributed by atoms with Crippen molar-refractivity contribution in [2.45, 2.75) is 13.5 Å². The molecule has 5 heteroatoms. The van der Waals surface area contributed by atoms with E-state index in [0.29, 0.717) is 29.9 Å². The van der Waals surface area contributed by atoms with Crippen LogP contribution in [0.3, 0.4) is 0 Å². The van der Waals surface area contributed by atoms with Crippen molar-refractivity contribution in [3.8, 4) is 0 Å². The Morgan fingerprint density at radius 2 is 2.36 bits per heavy atom. The van der Waals surface area contributed by atoms with Crippen molar-refractivity contribution in [1.82, 2.24) is 4.57 Å². The van der Waals surface area contributed by atoms with Gasteiger partial charge in [-0.3, -0.25) is 4.79 Å². The summed E-state index contributed by atoms with van der Waals surface area (Å²) in [5, 5.41) is 0. The van der Waals surface area contributed by atoms with E-state index in [0.717, 1.165) is 0 Å². The van der Waals surface area contributed by atoms with Gasteiger partial charge in [0.05, 0.1) is 11.1 Å². The van der Waals surface area contributed by atoms with Crippen LogP contribution in [-0.4, -0.2) is 17.8 Å². The number of aromatic nitrogens is 1. The van der Waals surface area contributed by atoms with E-state index in [-0.39, 0.29) is 5.56 Å². The van der Waals surface area contributed by atoms with E-state index in [4.69, 9.17) is 10.5 Å². The third-order valence-electron chi connectivity index (χ3n) is 1.74. The second-order valence-electron chi connectivity index (χ2n) is 2.82. The number of rotatable bonds is 4. The molecule has 0 fully saturated rings. The minimum absolute atomic E-state index is 0.0843. The summed E-state index contributed by atoms with van der Waals surface area (Å²) in [5.74, 6) is 0. The Balaban J connectivity index is 2.81. The lowest BCUT2D eigenvalue weighted by Gasteiger charge is -2.07. The molecule has 0 amide bonds. The van der Waals surface area contributed by atoms with Crippen molar-refractivity contribution in [2.75, 3.05) is 18.9 Å². The molecule has 0 bridgehead atoms. The van der Waals surface area contributed by atoms with Gasteiger partial charge in [-0.15, -0.1) is 0 Å². The van der Waals surface area contributed by atoms with Crippen molar-refractivity contribution in [3.05, 3.63) is 27.1 Å². The van der Waals surface area contributed by atoms with Crippen LogP contribution in [0.1, 0.15) is 6.92 Å². The normalized spacial score (nSPS) is 10.4. The first kappa shape index (κ1) is 11.3. The first-order valence-corrected chi connectivity index (χ1v) is 5.17. The monoisotopic (exact) mass is 260 g/mol. The molecule has 0 aliphatic carbocycles. The minimum Gasteiger partial charge on any atom is -0.398 e. The summed E-state index contributed by atoms with van der Waals surface area (Å²) >= 11 is 3.15. The predicted molar refractivity (Wildman–Crippen MR) is 59.3 cm³/mol. The Morgan fingerprint density at radius 3 is 3.00 bits per heavy atom. The van der Waals surface area contributed by atoms with E-state index in [1.165, 1.54) is 4.57 Å². The maximum absolute atomic E-state index is 11.5. The molecule has 0 saturated heterocycles. The van der Waals surface area contributed by atoms with Gasteiger partial charge in [0.2, 0.25) is 0 Å². The molecule has 0 unspecified atom stereocenters. The standard InChI is InChI=1S/C9H13BrN2O2/c1-2-14-4-3-12-6-7(11)5-8(10)9(12)13/h5-6H,2-4,11H2,1H3. The Morgan fingerprint density at radius 1 is 1.64 bits per heavy atom. The molecule has 0 aromatic carbocycles. The summed E-state index contributed by atoms with van der Waals surface area (Å²) in [5.41, 5.74) is 6.08. The molecule has 1 rings (SSSR count). The van der Waals surface area contributed by atoms with Crippen LogP contribution in [0.2, 0.25) is 0 Å². The third kappa shape index (κ3) is 2.85. The lowest BCUT2D eigenvalue weighted by molar-refractivity contribution is 0.138. The molecule has 0 aliphatic heterocycles. The molecule has 4 nitrogen and oxygen atoms in total. The van der Waals surface area contributed by atoms with Crippen LogP contribution in [-0.2, 0) is 11.3 Å². The number of hydrogen-bond acceptors (Lipinski definition) is 3. The zero-order valence-electron chi connectivity index (χ0n) is 8.00. The van der Waals surface area contributed by atoms with Crippen molar-refractivity contribution in [2.24, 2.45) is 0 Å². The van der Waals surface area contributed by atoms with Gasteiger partial charge in [0.1, 0.15) is 0 Å². The van der Waals surface area contributed by atoms with Crippen LogP contribution in [0.15, 0.2) is 21.5 Å². The van der Waals surface area contributed by atoms with Gasteiger partial charge in [-0.1, -0.05) is 0 Å². The van der Waals surface area contributed by atoms with E-state index in [1.54, 1.807) is 12.3 Å². The van der Waals surface area contributed by atoms with Crippen LogP contribution >= 0.6 is 15.9 Å². The summed E-state index contributed by atoms with van der Waals surface area (Å²) in [6, 6.07) is 1.60. The molecule has 0 saturated carbocycles. The fourth-order valence-corrected chi connectivity index (χ4v) is 1.59. The van der Waals surface area contributed by atoms with Gasteiger partial charge < -0.3 is 15.0 Å². The van der Waals surface area contributed by atoms with Gasteiger partial charge in [0.15, 0.2) is 0 Å². The number of halogens is 1. The van der Waals surface area contributed by atoms with Crippen molar-refractivity contribution >= 4 is 21.6 Å². The Hall–Kier alpha value is -0.810. The van der Waals surface area contributed by atoms with Gasteiger partial charge in [0, 0.05) is 25.0 Å². The molecule has 2 N–H and O–H groups in total. The van der Waals surface area contributed by atoms with Crippen LogP contribution in [0.25, 0.3) is 0 Å². The van der Waals surface area contributed by atoms with Gasteiger partial charge in [-0.05, 0) is 28.9 Å². The number of pyridine rings is 1. The Labute approximate surface area is 90.8 Å². The lowest BCUT2D eigenvalue weighted by Crippen LogP contribution is -2.23. The van der Waals surface area contributed by atoms with Gasteiger partial charge in [-0.25, -0.2) is 0 Å². The largest absolute Gasteiger partial charge is 0.398 e. The summed E-state index contributed by atoms with van der Waals surface area (Å²) in [6.07, 6.45) is 1.62. The zero-order chi connectivity index (χ0) is 10.6. The van der Waals surface area contributed by atoms with E-state index in [1.807, 2.05) is 6.92 Å². The minimum atomic E-state index is -0.0843. The van der Waals surface area contributed by atoms with Crippen LogP contribution < -0.4 is 11.3 Å². The summed E-state index contributed by atoms with van der Waals surface area (Å²) in [4.78, 5) is 11.5. The van der Waals surface area contributed by atoms with Crippen molar-refractivity contribution in [1.29, 1.82) is 0 Å². The van der Waals surface area contributed by atoms with Gasteiger partial charge >= 0.3 is 0 Å². The molecule has 14 heavy (non-hydrogen) atoms. The van der Waals surface area contributed by atoms with Crippen LogP contribution in [0.4, 0.5) is 5.69 Å². The molecular formula is C9H13BrN2O2. The quantitative estimate of drug-likeness (QED) is 0.829. The highest BCUT2D eigenvalue weighted by Gasteiger charge is 2.01. The second kappa shape index (κ2) is 5.17.